The van der Waals surface area contributed by atoms with Gasteiger partial charge in [0, 0.05) is 0 Å². The minimum absolute atomic E-state index is 0. The van der Waals surface area contributed by atoms with Crippen molar-refractivity contribution in [2.75, 3.05) is 0 Å². The molecule has 0 aromatic carbocycles. The summed E-state index contributed by atoms with van der Waals surface area (Å²) in [6, 6.07) is 0. The summed E-state index contributed by atoms with van der Waals surface area (Å²) in [4.78, 5) is 0. The molecule has 0 spiro atoms. The van der Waals surface area contributed by atoms with Crippen molar-refractivity contribution in [3.8, 4) is 0 Å². The fourth-order valence-corrected chi connectivity index (χ4v) is 3.33. The van der Waals surface area contributed by atoms with E-state index in [-0.39, 0.29) is 18.9 Å². The minimum Gasteiger partial charge on any atom is -0.343 e. The van der Waals surface area contributed by atoms with Crippen LogP contribution in [0.5, 0.6) is 0 Å². The van der Waals surface area contributed by atoms with Gasteiger partial charge >= 0.3 is 18.9 Å². The molecule has 0 nitrogen and oxygen atoms in total. The van der Waals surface area contributed by atoms with Crippen molar-refractivity contribution in [3.05, 3.63) is 6.92 Å². The molecule has 1 heteroatoms. The van der Waals surface area contributed by atoms with Gasteiger partial charge in [0.1, 0.15) is 0 Å². The quantitative estimate of drug-likeness (QED) is 0.410. The Morgan fingerprint density at radius 1 is 0.722 bits per heavy atom. The van der Waals surface area contributed by atoms with Crippen LogP contribution in [0.25, 0.3) is 0 Å². The van der Waals surface area contributed by atoms with Crippen molar-refractivity contribution in [1.29, 1.82) is 0 Å². The molecule has 0 rings (SSSR count). The van der Waals surface area contributed by atoms with Crippen LogP contribution in [-0.2, 0) is 0 Å². The molecule has 0 heterocycles. The Kier molecular flexibility index (Phi) is 14.7. The number of hydrogen-bond donors (Lipinski definition) is 0. The molecule has 0 aliphatic rings. The summed E-state index contributed by atoms with van der Waals surface area (Å²) in [5.41, 5.74) is 0. The zero-order chi connectivity index (χ0) is 13.3. The summed E-state index contributed by atoms with van der Waals surface area (Å²) >= 11 is 0. The van der Waals surface area contributed by atoms with Gasteiger partial charge in [0.25, 0.3) is 0 Å². The molecule has 0 saturated heterocycles. The fourth-order valence-electron chi connectivity index (χ4n) is 3.33. The van der Waals surface area contributed by atoms with Crippen molar-refractivity contribution in [3.63, 3.8) is 0 Å². The van der Waals surface area contributed by atoms with E-state index in [9.17, 15) is 0 Å². The van der Waals surface area contributed by atoms with E-state index in [4.69, 9.17) is 0 Å². The molecule has 0 bridgehead atoms. The molecule has 0 aliphatic heterocycles. The first kappa shape index (κ1) is 20.9. The molecule has 4 unspecified atom stereocenters. The Morgan fingerprint density at radius 3 is 1.50 bits per heavy atom. The topological polar surface area (TPSA) is 0 Å². The summed E-state index contributed by atoms with van der Waals surface area (Å²) in [5, 5.41) is 0. The van der Waals surface area contributed by atoms with Gasteiger partial charge in [-0.3, -0.25) is 0 Å². The van der Waals surface area contributed by atoms with Gasteiger partial charge in [-0.05, 0) is 42.9 Å². The Hall–Kier alpha value is 0.597. The Balaban J connectivity index is 0. The monoisotopic (exact) mass is 246 g/mol. The molecule has 0 radical (unpaired) electrons. The largest absolute Gasteiger partial charge is 1.00 e. The van der Waals surface area contributed by atoms with Gasteiger partial charge in [0.15, 0.2) is 0 Å². The van der Waals surface area contributed by atoms with Crippen LogP contribution in [0, 0.1) is 30.6 Å². The summed E-state index contributed by atoms with van der Waals surface area (Å²) in [6.07, 6.45) is 9.35. The van der Waals surface area contributed by atoms with Gasteiger partial charge in [-0.2, -0.15) is 6.42 Å². The zero-order valence-electron chi connectivity index (χ0n) is 14.0. The van der Waals surface area contributed by atoms with Gasteiger partial charge in [-0.15, -0.1) is 0 Å². The van der Waals surface area contributed by atoms with E-state index in [0.29, 0.717) is 0 Å². The molecule has 0 fully saturated rings. The summed E-state index contributed by atoms with van der Waals surface area (Å²) in [5.74, 6) is 3.57. The molecule has 0 saturated carbocycles. The van der Waals surface area contributed by atoms with Crippen LogP contribution in [0.1, 0.15) is 79.6 Å². The van der Waals surface area contributed by atoms with Gasteiger partial charge in [-0.1, -0.05) is 53.9 Å². The molecule has 0 aliphatic carbocycles. The van der Waals surface area contributed by atoms with Crippen molar-refractivity contribution in [2.24, 2.45) is 23.7 Å². The number of hydrogen-bond acceptors (Lipinski definition) is 0. The van der Waals surface area contributed by atoms with E-state index >= 15 is 0 Å². The maximum atomic E-state index is 3.95. The maximum Gasteiger partial charge on any atom is 1.00 e. The van der Waals surface area contributed by atoms with E-state index in [1.807, 2.05) is 0 Å². The van der Waals surface area contributed by atoms with Gasteiger partial charge in [0.2, 0.25) is 0 Å². The van der Waals surface area contributed by atoms with Crippen LogP contribution in [0.15, 0.2) is 0 Å². The molecule has 18 heavy (non-hydrogen) atoms. The molecular weight excluding hydrogens is 211 g/mol. The standard InChI is InChI=1S/C17H35.Li/c1-7-9-14(3)11-16(5)13-17(6)12-15(4)10-8-2;/h14-17H,1,7-13H2,2-6H3;/q-1;+1. The van der Waals surface area contributed by atoms with Gasteiger partial charge < -0.3 is 6.92 Å². The second-order valence-corrected chi connectivity index (χ2v) is 6.56. The molecule has 0 amide bonds. The van der Waals surface area contributed by atoms with Crippen molar-refractivity contribution >= 4 is 0 Å². The smallest absolute Gasteiger partial charge is 0.343 e. The average Bonchev–Trinajstić information content (AvgIpc) is 2.16. The molecule has 4 atom stereocenters. The minimum atomic E-state index is 0. The van der Waals surface area contributed by atoms with Crippen molar-refractivity contribution in [1.82, 2.24) is 0 Å². The summed E-state index contributed by atoms with van der Waals surface area (Å²) in [6.45, 7) is 15.9. The first-order valence-corrected chi connectivity index (χ1v) is 7.78. The van der Waals surface area contributed by atoms with Crippen LogP contribution >= 0.6 is 0 Å². The second-order valence-electron chi connectivity index (χ2n) is 6.56. The maximum absolute atomic E-state index is 3.95. The third-order valence-corrected chi connectivity index (χ3v) is 3.89. The summed E-state index contributed by atoms with van der Waals surface area (Å²) in [7, 11) is 0. The third-order valence-electron chi connectivity index (χ3n) is 3.89. The van der Waals surface area contributed by atoms with Gasteiger partial charge in [0.05, 0.1) is 0 Å². The van der Waals surface area contributed by atoms with E-state index < -0.39 is 0 Å². The SMILES string of the molecule is [CH2-]CCC(C)CC(C)CC(C)CC(C)CCC.[Li+]. The summed E-state index contributed by atoms with van der Waals surface area (Å²) < 4.78 is 0. The third kappa shape index (κ3) is 11.7. The van der Waals surface area contributed by atoms with E-state index in [2.05, 4.69) is 41.5 Å². The normalized spacial score (nSPS) is 17.7. The molecule has 0 aromatic heterocycles. The zero-order valence-corrected chi connectivity index (χ0v) is 14.0. The Bertz CT molecular complexity index is 149. The molecule has 104 valence electrons. The van der Waals surface area contributed by atoms with Crippen molar-refractivity contribution < 1.29 is 18.9 Å². The van der Waals surface area contributed by atoms with Crippen LogP contribution < -0.4 is 18.9 Å². The van der Waals surface area contributed by atoms with Crippen LogP contribution in [0.4, 0.5) is 0 Å². The number of rotatable bonds is 10. The van der Waals surface area contributed by atoms with E-state index in [0.717, 1.165) is 30.1 Å². The Labute approximate surface area is 129 Å². The van der Waals surface area contributed by atoms with Crippen LogP contribution in [-0.4, -0.2) is 0 Å². The second kappa shape index (κ2) is 12.6. The van der Waals surface area contributed by atoms with Crippen molar-refractivity contribution in [2.45, 2.75) is 79.6 Å². The first-order chi connectivity index (χ1) is 7.99. The predicted molar refractivity (Wildman–Crippen MR) is 80.0 cm³/mol. The van der Waals surface area contributed by atoms with Crippen LogP contribution in [0.3, 0.4) is 0 Å². The van der Waals surface area contributed by atoms with E-state index in [1.54, 1.807) is 0 Å². The Morgan fingerprint density at radius 2 is 1.11 bits per heavy atom. The average molecular weight is 246 g/mol. The molecular formula is C17H35Li. The molecule has 0 N–H and O–H groups in total. The molecule has 0 aromatic rings. The van der Waals surface area contributed by atoms with E-state index in [1.165, 1.54) is 38.5 Å². The van der Waals surface area contributed by atoms with Crippen LogP contribution in [0.2, 0.25) is 0 Å². The first-order valence-electron chi connectivity index (χ1n) is 7.78. The predicted octanol–water partition coefficient (Wildman–Crippen LogP) is 3.12. The van der Waals surface area contributed by atoms with Gasteiger partial charge in [-0.25, -0.2) is 0 Å². The fraction of sp³-hybridized carbons (Fsp3) is 0.941.